The molecule has 31 heavy (non-hydrogen) atoms. The van der Waals surface area contributed by atoms with Crippen LogP contribution in [0.2, 0.25) is 5.28 Å². The number of nitrogens with two attached hydrogens (primary N) is 1. The first-order chi connectivity index (χ1) is 15.1. The topological polar surface area (TPSA) is 141 Å². The molecule has 0 aromatic carbocycles. The molecule has 0 amide bonds. The van der Waals surface area contributed by atoms with Crippen LogP contribution in [0.15, 0.2) is 71.2 Å². The normalized spacial score (nSPS) is 9.55. The van der Waals surface area contributed by atoms with Gasteiger partial charge in [0.25, 0.3) is 0 Å². The van der Waals surface area contributed by atoms with Gasteiger partial charge in [0.15, 0.2) is 0 Å². The summed E-state index contributed by atoms with van der Waals surface area (Å²) in [6.07, 6.45) is 16.5. The monoisotopic (exact) mass is 566 g/mol. The molecule has 0 atom stereocenters. The minimum atomic E-state index is 0.271. The fourth-order valence-electron chi connectivity index (χ4n) is 1.74. The van der Waals surface area contributed by atoms with E-state index in [9.17, 15) is 0 Å². The van der Waals surface area contributed by atoms with Crippen LogP contribution in [0.5, 0.6) is 0 Å². The van der Waals surface area contributed by atoms with Crippen molar-refractivity contribution in [2.24, 2.45) is 5.73 Å². The first kappa shape index (κ1) is 24.6. The van der Waals surface area contributed by atoms with Crippen LogP contribution in [0, 0.1) is 0 Å². The summed E-state index contributed by atoms with van der Waals surface area (Å²) in [5.41, 5.74) is 7.22. The lowest BCUT2D eigenvalue weighted by atomic mass is 10.3. The van der Waals surface area contributed by atoms with Crippen molar-refractivity contribution in [3.63, 3.8) is 0 Å². The van der Waals surface area contributed by atoms with E-state index < -0.39 is 0 Å². The molecule has 10 nitrogen and oxygen atoms in total. The molecule has 4 aromatic rings. The van der Waals surface area contributed by atoms with Crippen molar-refractivity contribution in [2.45, 2.75) is 13.1 Å². The van der Waals surface area contributed by atoms with Gasteiger partial charge in [-0.25, -0.2) is 39.9 Å². The van der Waals surface area contributed by atoms with Crippen LogP contribution < -0.4 is 11.1 Å². The van der Waals surface area contributed by atoms with Crippen molar-refractivity contribution in [3.8, 4) is 0 Å². The summed E-state index contributed by atoms with van der Waals surface area (Å²) in [7, 11) is 0. The second-order valence-corrected chi connectivity index (χ2v) is 7.62. The van der Waals surface area contributed by atoms with Crippen LogP contribution in [0.3, 0.4) is 0 Å². The smallest absolute Gasteiger partial charge is 0.222 e. The number of nitrogens with zero attached hydrogens (tertiary/aromatic N) is 8. The standard InChI is InChI=1S/C9H8BrN5.C5H7N3.C4H2BrClN2/c10-8-4-14-9(15-5-8)13-3-7-1-11-6-12-2-7;6-1-5-2-7-4-8-3-5;5-3-1-7-4(6)8-2-3/h1-2,4-6H,3H2,(H,13,14,15);2-4H,1,6H2;1-2H. The Balaban J connectivity index is 0.000000181. The van der Waals surface area contributed by atoms with Crippen LogP contribution in [0.25, 0.3) is 0 Å². The number of aromatic nitrogens is 8. The lowest BCUT2D eigenvalue weighted by molar-refractivity contribution is 1.01. The second-order valence-electron chi connectivity index (χ2n) is 5.45. The maximum Gasteiger partial charge on any atom is 0.222 e. The summed E-state index contributed by atoms with van der Waals surface area (Å²) in [6, 6.07) is 0. The fraction of sp³-hybridized carbons (Fsp3) is 0.111. The fourth-order valence-corrected chi connectivity index (χ4v) is 2.24. The Morgan fingerprint density at radius 1 is 0.710 bits per heavy atom. The molecule has 0 saturated carbocycles. The van der Waals surface area contributed by atoms with Gasteiger partial charge in [-0.2, -0.15) is 0 Å². The van der Waals surface area contributed by atoms with Gasteiger partial charge in [-0.1, -0.05) is 0 Å². The predicted octanol–water partition coefficient (Wildman–Crippen LogP) is 3.47. The van der Waals surface area contributed by atoms with Crippen molar-refractivity contribution in [1.82, 2.24) is 39.9 Å². The zero-order chi connectivity index (χ0) is 22.3. The first-order valence-electron chi connectivity index (χ1n) is 8.59. The van der Waals surface area contributed by atoms with E-state index in [1.807, 2.05) is 0 Å². The van der Waals surface area contributed by atoms with Crippen LogP contribution in [-0.2, 0) is 13.1 Å². The van der Waals surface area contributed by atoms with Gasteiger partial charge in [0, 0.05) is 73.8 Å². The molecule has 0 fully saturated rings. The van der Waals surface area contributed by atoms with E-state index in [0.717, 1.165) is 20.1 Å². The van der Waals surface area contributed by atoms with Crippen molar-refractivity contribution >= 4 is 49.4 Å². The Labute approximate surface area is 200 Å². The van der Waals surface area contributed by atoms with E-state index in [-0.39, 0.29) is 5.28 Å². The molecule has 0 aliphatic heterocycles. The van der Waals surface area contributed by atoms with Gasteiger partial charge < -0.3 is 11.1 Å². The number of nitrogens with one attached hydrogen (secondary N) is 1. The Hall–Kier alpha value is -2.67. The van der Waals surface area contributed by atoms with Crippen molar-refractivity contribution in [1.29, 1.82) is 0 Å². The molecule has 0 aliphatic rings. The molecule has 0 saturated heterocycles. The maximum atomic E-state index is 5.37. The molecule has 0 radical (unpaired) electrons. The summed E-state index contributed by atoms with van der Waals surface area (Å²) in [5, 5.41) is 3.34. The highest BCUT2D eigenvalue weighted by atomic mass is 79.9. The van der Waals surface area contributed by atoms with Gasteiger partial charge in [0.1, 0.15) is 12.7 Å². The molecule has 3 N–H and O–H groups in total. The minimum absolute atomic E-state index is 0.271. The number of halogens is 3. The van der Waals surface area contributed by atoms with Gasteiger partial charge in [-0.3, -0.25) is 0 Å². The molecule has 0 unspecified atom stereocenters. The molecular formula is C18H17Br2ClN10. The van der Waals surface area contributed by atoms with E-state index in [1.54, 1.807) is 49.6 Å². The molecular weight excluding hydrogens is 552 g/mol. The van der Waals surface area contributed by atoms with Crippen molar-refractivity contribution in [2.75, 3.05) is 5.32 Å². The van der Waals surface area contributed by atoms with Crippen molar-refractivity contribution in [3.05, 3.63) is 87.6 Å². The van der Waals surface area contributed by atoms with Crippen LogP contribution in [0.4, 0.5) is 5.95 Å². The average Bonchev–Trinajstić information content (AvgIpc) is 2.83. The Kier molecular flexibility index (Phi) is 11.4. The molecule has 4 aromatic heterocycles. The van der Waals surface area contributed by atoms with Gasteiger partial charge in [-0.05, 0) is 43.5 Å². The highest BCUT2D eigenvalue weighted by molar-refractivity contribution is 9.10. The SMILES string of the molecule is Brc1cnc(NCc2cncnc2)nc1.Clc1ncc(Br)cn1.NCc1cncnc1. The van der Waals surface area contributed by atoms with Crippen molar-refractivity contribution < 1.29 is 0 Å². The second kappa shape index (κ2) is 14.4. The average molecular weight is 569 g/mol. The molecule has 0 aliphatic carbocycles. The molecule has 4 rings (SSSR count). The molecule has 13 heteroatoms. The third-order valence-corrected chi connectivity index (χ3v) is 4.14. The van der Waals surface area contributed by atoms with Crippen LogP contribution in [-0.4, -0.2) is 39.9 Å². The maximum absolute atomic E-state index is 5.37. The van der Waals surface area contributed by atoms with Gasteiger partial charge >= 0.3 is 0 Å². The van der Waals surface area contributed by atoms with E-state index in [2.05, 4.69) is 77.0 Å². The number of hydrogen-bond donors (Lipinski definition) is 2. The highest BCUT2D eigenvalue weighted by Crippen LogP contribution is 2.07. The largest absolute Gasteiger partial charge is 0.350 e. The predicted molar refractivity (Wildman–Crippen MR) is 124 cm³/mol. The minimum Gasteiger partial charge on any atom is -0.350 e. The summed E-state index contributed by atoms with van der Waals surface area (Å²) in [4.78, 5) is 30.9. The van der Waals surface area contributed by atoms with Gasteiger partial charge in [-0.15, -0.1) is 0 Å². The third kappa shape index (κ3) is 10.8. The number of anilines is 1. The zero-order valence-electron chi connectivity index (χ0n) is 16.0. The third-order valence-electron chi connectivity index (χ3n) is 3.12. The van der Waals surface area contributed by atoms with E-state index >= 15 is 0 Å². The lowest BCUT2D eigenvalue weighted by Crippen LogP contribution is -2.03. The van der Waals surface area contributed by atoms with Crippen LogP contribution >= 0.6 is 43.5 Å². The van der Waals surface area contributed by atoms with E-state index in [4.69, 9.17) is 17.3 Å². The Morgan fingerprint density at radius 3 is 1.58 bits per heavy atom. The lowest BCUT2D eigenvalue weighted by Gasteiger charge is -2.03. The molecule has 4 heterocycles. The highest BCUT2D eigenvalue weighted by Gasteiger charge is 1.96. The summed E-state index contributed by atoms with van der Waals surface area (Å²) in [5.74, 6) is 0.585. The summed E-state index contributed by atoms with van der Waals surface area (Å²) < 4.78 is 1.69. The molecule has 160 valence electrons. The summed E-state index contributed by atoms with van der Waals surface area (Å²) >= 11 is 11.8. The van der Waals surface area contributed by atoms with E-state index in [1.165, 1.54) is 12.7 Å². The summed E-state index contributed by atoms with van der Waals surface area (Å²) in [6.45, 7) is 1.13. The Bertz CT molecular complexity index is 972. The number of rotatable bonds is 4. The van der Waals surface area contributed by atoms with Crippen LogP contribution in [0.1, 0.15) is 11.1 Å². The zero-order valence-corrected chi connectivity index (χ0v) is 19.9. The molecule has 0 spiro atoms. The van der Waals surface area contributed by atoms with E-state index in [0.29, 0.717) is 19.0 Å². The first-order valence-corrected chi connectivity index (χ1v) is 10.6. The van der Waals surface area contributed by atoms with Gasteiger partial charge in [0.05, 0.1) is 8.95 Å². The Morgan fingerprint density at radius 2 is 1.16 bits per heavy atom. The number of hydrogen-bond acceptors (Lipinski definition) is 10. The van der Waals surface area contributed by atoms with Gasteiger partial charge in [0.2, 0.25) is 11.2 Å². The molecule has 0 bridgehead atoms. The quantitative estimate of drug-likeness (QED) is 0.352.